The summed E-state index contributed by atoms with van der Waals surface area (Å²) in [6.07, 6.45) is 1.91. The molecule has 0 aliphatic rings. The molecular weight excluding hydrogens is 468 g/mol. The highest BCUT2D eigenvalue weighted by atomic mass is 79.9. The maximum Gasteiger partial charge on any atom is 0.261 e. The third kappa shape index (κ3) is 7.66. The van der Waals surface area contributed by atoms with Crippen LogP contribution >= 0.6 is 15.9 Å². The topological polar surface area (TPSA) is 58.6 Å². The summed E-state index contributed by atoms with van der Waals surface area (Å²) in [6, 6.07) is 13.3. The Bertz CT molecular complexity index is 896. The van der Waals surface area contributed by atoms with E-state index in [0.717, 1.165) is 28.4 Å². The van der Waals surface area contributed by atoms with Gasteiger partial charge in [0.1, 0.15) is 11.8 Å². The number of benzene rings is 2. The van der Waals surface area contributed by atoms with E-state index in [-0.39, 0.29) is 18.4 Å². The van der Waals surface area contributed by atoms with Crippen LogP contribution in [0.25, 0.3) is 0 Å². The number of hydrogen-bond donors (Lipinski definition) is 1. The molecule has 2 rings (SSSR count). The van der Waals surface area contributed by atoms with E-state index in [2.05, 4.69) is 42.0 Å². The summed E-state index contributed by atoms with van der Waals surface area (Å²) in [5.41, 5.74) is 3.31. The maximum absolute atomic E-state index is 13.2. The maximum atomic E-state index is 13.2. The average Bonchev–Trinajstić information content (AvgIpc) is 2.77. The van der Waals surface area contributed by atoms with E-state index in [1.807, 2.05) is 49.4 Å². The number of carbonyl (C=O) groups is 2. The van der Waals surface area contributed by atoms with Gasteiger partial charge in [0.15, 0.2) is 6.61 Å². The lowest BCUT2D eigenvalue weighted by Gasteiger charge is -2.29. The minimum atomic E-state index is -0.601. The van der Waals surface area contributed by atoms with E-state index in [1.165, 1.54) is 5.56 Å². The fourth-order valence-corrected chi connectivity index (χ4v) is 3.74. The molecule has 32 heavy (non-hydrogen) atoms. The SMILES string of the molecule is CCCCNC(=O)[C@H](C)N(Cc1ccc(C)cc1)C(=O)COc1ccc(C(C)C)cc1Br. The van der Waals surface area contributed by atoms with Gasteiger partial charge in [-0.15, -0.1) is 0 Å². The molecule has 0 fully saturated rings. The van der Waals surface area contributed by atoms with Crippen LogP contribution in [-0.2, 0) is 16.1 Å². The van der Waals surface area contributed by atoms with Crippen molar-refractivity contribution in [3.63, 3.8) is 0 Å². The lowest BCUT2D eigenvalue weighted by atomic mass is 10.0. The molecule has 0 aromatic heterocycles. The van der Waals surface area contributed by atoms with E-state index in [1.54, 1.807) is 11.8 Å². The predicted molar refractivity (Wildman–Crippen MR) is 133 cm³/mol. The third-order valence-corrected chi connectivity index (χ3v) is 6.06. The Balaban J connectivity index is 2.13. The summed E-state index contributed by atoms with van der Waals surface area (Å²) in [4.78, 5) is 27.4. The van der Waals surface area contributed by atoms with Crippen LogP contribution < -0.4 is 10.1 Å². The molecule has 0 aliphatic carbocycles. The van der Waals surface area contributed by atoms with E-state index in [0.29, 0.717) is 24.8 Å². The highest BCUT2D eigenvalue weighted by Gasteiger charge is 2.26. The predicted octanol–water partition coefficient (Wildman–Crippen LogP) is 5.59. The van der Waals surface area contributed by atoms with Crippen molar-refractivity contribution in [1.29, 1.82) is 0 Å². The van der Waals surface area contributed by atoms with Gasteiger partial charge in [-0.25, -0.2) is 0 Å². The molecule has 0 spiro atoms. The number of ether oxygens (including phenoxy) is 1. The Morgan fingerprint density at radius 2 is 1.78 bits per heavy atom. The molecule has 1 atom stereocenters. The zero-order valence-corrected chi connectivity index (χ0v) is 21.4. The van der Waals surface area contributed by atoms with Gasteiger partial charge in [-0.1, -0.05) is 63.1 Å². The first-order chi connectivity index (χ1) is 15.2. The van der Waals surface area contributed by atoms with Crippen LogP contribution in [0.3, 0.4) is 0 Å². The largest absolute Gasteiger partial charge is 0.483 e. The first-order valence-corrected chi connectivity index (χ1v) is 12.1. The zero-order valence-electron chi connectivity index (χ0n) is 19.8. The van der Waals surface area contributed by atoms with Crippen LogP contribution in [0.4, 0.5) is 0 Å². The number of rotatable bonds is 11. The monoisotopic (exact) mass is 502 g/mol. The Hall–Kier alpha value is -2.34. The van der Waals surface area contributed by atoms with Crippen molar-refractivity contribution in [1.82, 2.24) is 10.2 Å². The Morgan fingerprint density at radius 1 is 1.09 bits per heavy atom. The molecule has 0 saturated carbocycles. The summed E-state index contributed by atoms with van der Waals surface area (Å²) in [5.74, 6) is 0.627. The van der Waals surface area contributed by atoms with Gasteiger partial charge < -0.3 is 15.0 Å². The van der Waals surface area contributed by atoms with E-state index in [4.69, 9.17) is 4.74 Å². The molecule has 5 nitrogen and oxygen atoms in total. The summed E-state index contributed by atoms with van der Waals surface area (Å²) in [7, 11) is 0. The second kappa shape index (κ2) is 12.6. The summed E-state index contributed by atoms with van der Waals surface area (Å²) in [6.45, 7) is 10.9. The lowest BCUT2D eigenvalue weighted by Crippen LogP contribution is -2.49. The zero-order chi connectivity index (χ0) is 23.7. The second-order valence-electron chi connectivity index (χ2n) is 8.46. The normalized spacial score (nSPS) is 11.8. The van der Waals surface area contributed by atoms with Crippen LogP contribution in [0.15, 0.2) is 46.9 Å². The van der Waals surface area contributed by atoms with Gasteiger partial charge in [0.25, 0.3) is 5.91 Å². The molecule has 6 heteroatoms. The molecule has 0 bridgehead atoms. The molecule has 0 radical (unpaired) electrons. The second-order valence-corrected chi connectivity index (χ2v) is 9.32. The number of carbonyl (C=O) groups excluding carboxylic acids is 2. The quantitative estimate of drug-likeness (QED) is 0.407. The fourth-order valence-electron chi connectivity index (χ4n) is 3.22. The third-order valence-electron chi connectivity index (χ3n) is 5.44. The van der Waals surface area contributed by atoms with Crippen molar-refractivity contribution in [3.8, 4) is 5.75 Å². The van der Waals surface area contributed by atoms with E-state index >= 15 is 0 Å². The number of amides is 2. The van der Waals surface area contributed by atoms with Gasteiger partial charge >= 0.3 is 0 Å². The average molecular weight is 503 g/mol. The Kier molecular flexibility index (Phi) is 10.2. The van der Waals surface area contributed by atoms with Crippen molar-refractivity contribution in [3.05, 3.63) is 63.6 Å². The highest BCUT2D eigenvalue weighted by molar-refractivity contribution is 9.10. The Labute approximate surface area is 200 Å². The van der Waals surface area contributed by atoms with Gasteiger partial charge in [-0.3, -0.25) is 9.59 Å². The first kappa shape index (κ1) is 25.9. The minimum absolute atomic E-state index is 0.141. The fraction of sp³-hybridized carbons (Fsp3) is 0.462. The summed E-state index contributed by atoms with van der Waals surface area (Å²) < 4.78 is 6.64. The number of unbranched alkanes of at least 4 members (excludes halogenated alkanes) is 1. The summed E-state index contributed by atoms with van der Waals surface area (Å²) in [5, 5.41) is 2.93. The van der Waals surface area contributed by atoms with E-state index in [9.17, 15) is 9.59 Å². The van der Waals surface area contributed by atoms with Crippen molar-refractivity contribution >= 4 is 27.7 Å². The number of nitrogens with zero attached hydrogens (tertiary/aromatic N) is 1. The van der Waals surface area contributed by atoms with Crippen molar-refractivity contribution in [2.45, 2.75) is 66.0 Å². The number of halogens is 1. The standard InChI is InChI=1S/C26H35BrN2O3/c1-6-7-14-28-26(31)20(5)29(16-21-10-8-19(4)9-11-21)25(30)17-32-24-13-12-22(18(2)3)15-23(24)27/h8-13,15,18,20H,6-7,14,16-17H2,1-5H3,(H,28,31)/t20-/m0/s1. The van der Waals surface area contributed by atoms with Gasteiger partial charge in [-0.05, 0) is 65.4 Å². The smallest absolute Gasteiger partial charge is 0.261 e. The van der Waals surface area contributed by atoms with Crippen LogP contribution in [-0.4, -0.2) is 35.9 Å². The van der Waals surface area contributed by atoms with E-state index < -0.39 is 6.04 Å². The van der Waals surface area contributed by atoms with Crippen molar-refractivity contribution < 1.29 is 14.3 Å². The van der Waals surface area contributed by atoms with Crippen LogP contribution in [0.5, 0.6) is 5.75 Å². The minimum Gasteiger partial charge on any atom is -0.483 e. The Morgan fingerprint density at radius 3 is 2.38 bits per heavy atom. The highest BCUT2D eigenvalue weighted by Crippen LogP contribution is 2.29. The van der Waals surface area contributed by atoms with Crippen LogP contribution in [0.1, 0.15) is 63.1 Å². The van der Waals surface area contributed by atoms with Gasteiger partial charge in [0.2, 0.25) is 5.91 Å². The molecular formula is C26H35BrN2O3. The molecule has 0 aliphatic heterocycles. The molecule has 0 unspecified atom stereocenters. The molecule has 0 heterocycles. The molecule has 2 amide bonds. The van der Waals surface area contributed by atoms with Gasteiger partial charge in [0.05, 0.1) is 4.47 Å². The molecule has 2 aromatic rings. The van der Waals surface area contributed by atoms with Crippen molar-refractivity contribution in [2.24, 2.45) is 0 Å². The number of hydrogen-bond acceptors (Lipinski definition) is 3. The van der Waals surface area contributed by atoms with Crippen LogP contribution in [0.2, 0.25) is 0 Å². The van der Waals surface area contributed by atoms with Crippen LogP contribution in [0, 0.1) is 6.92 Å². The van der Waals surface area contributed by atoms with Gasteiger partial charge in [-0.2, -0.15) is 0 Å². The number of aryl methyl sites for hydroxylation is 1. The summed E-state index contributed by atoms with van der Waals surface area (Å²) >= 11 is 3.54. The number of nitrogens with one attached hydrogen (secondary N) is 1. The van der Waals surface area contributed by atoms with Crippen molar-refractivity contribution in [2.75, 3.05) is 13.2 Å². The molecule has 1 N–H and O–H groups in total. The van der Waals surface area contributed by atoms with Gasteiger partial charge in [0, 0.05) is 13.1 Å². The lowest BCUT2D eigenvalue weighted by molar-refractivity contribution is -0.142. The molecule has 2 aromatic carbocycles. The first-order valence-electron chi connectivity index (χ1n) is 11.3. The molecule has 174 valence electrons. The molecule has 0 saturated heterocycles.